The molecule has 5 nitrogen and oxygen atoms in total. The molecule has 49 heavy (non-hydrogen) atoms. The van der Waals surface area contributed by atoms with E-state index in [1.807, 2.05) is 16.9 Å². The van der Waals surface area contributed by atoms with Crippen LogP contribution in [0.4, 0.5) is 0 Å². The van der Waals surface area contributed by atoms with E-state index in [-0.39, 0.29) is 10.8 Å². The third-order valence-electron chi connectivity index (χ3n) is 10.1. The smallest absolute Gasteiger partial charge is 0.137 e. The third kappa shape index (κ3) is 5.92. The van der Waals surface area contributed by atoms with E-state index in [0.29, 0.717) is 0 Å². The fraction of sp³-hybridized carbons (Fsp3) is 0.273. The third-order valence-corrected chi connectivity index (χ3v) is 10.1. The van der Waals surface area contributed by atoms with Gasteiger partial charge in [-0.2, -0.15) is 5.10 Å². The first-order valence-corrected chi connectivity index (χ1v) is 17.3. The van der Waals surface area contributed by atoms with Crippen molar-refractivity contribution in [1.29, 1.82) is 0 Å². The van der Waals surface area contributed by atoms with E-state index in [2.05, 4.69) is 158 Å². The van der Waals surface area contributed by atoms with Gasteiger partial charge in [-0.05, 0) is 109 Å². The Labute approximate surface area is 290 Å². The lowest BCUT2D eigenvalue weighted by Gasteiger charge is -2.23. The van der Waals surface area contributed by atoms with Crippen LogP contribution in [0.25, 0.3) is 44.4 Å². The number of fused-ring (bicyclic) bond motifs is 3. The zero-order valence-electron chi connectivity index (χ0n) is 30.2. The van der Waals surface area contributed by atoms with Crippen molar-refractivity contribution in [3.63, 3.8) is 0 Å². The van der Waals surface area contributed by atoms with Crippen LogP contribution in [0.5, 0.6) is 11.5 Å². The van der Waals surface area contributed by atoms with Crippen LogP contribution in [0.1, 0.15) is 76.0 Å². The van der Waals surface area contributed by atoms with E-state index in [1.165, 1.54) is 27.5 Å². The average Bonchev–Trinajstić information content (AvgIpc) is 3.56. The Bertz CT molecular complexity index is 2330. The molecule has 0 aliphatic heterocycles. The summed E-state index contributed by atoms with van der Waals surface area (Å²) in [5.74, 6) is 2.45. The van der Waals surface area contributed by atoms with Crippen molar-refractivity contribution in [1.82, 2.24) is 19.3 Å². The van der Waals surface area contributed by atoms with Crippen molar-refractivity contribution in [2.45, 2.75) is 79.6 Å². The minimum Gasteiger partial charge on any atom is -0.457 e. The molecule has 3 heterocycles. The minimum atomic E-state index is -0.000746. The van der Waals surface area contributed by atoms with Gasteiger partial charge in [0.15, 0.2) is 0 Å². The summed E-state index contributed by atoms with van der Waals surface area (Å²) in [6, 6.07) is 34.5. The second-order valence-electron chi connectivity index (χ2n) is 15.1. The summed E-state index contributed by atoms with van der Waals surface area (Å²) in [5.41, 5.74) is 11.4. The highest BCUT2D eigenvalue weighted by atomic mass is 16.5. The maximum Gasteiger partial charge on any atom is 0.137 e. The molecule has 0 unspecified atom stereocenters. The zero-order chi connectivity index (χ0) is 34.7. The van der Waals surface area contributed by atoms with Crippen LogP contribution in [-0.2, 0) is 10.8 Å². The molecule has 3 aromatic heterocycles. The summed E-state index contributed by atoms with van der Waals surface area (Å²) in [5, 5.41) is 7.36. The van der Waals surface area contributed by atoms with E-state index in [4.69, 9.17) is 14.8 Å². The van der Waals surface area contributed by atoms with Crippen LogP contribution in [-0.4, -0.2) is 19.3 Å². The molecule has 0 saturated carbocycles. The molecular weight excluding hydrogens is 601 g/mol. The number of rotatable bonds is 7. The summed E-state index contributed by atoms with van der Waals surface area (Å²) < 4.78 is 11.0. The van der Waals surface area contributed by atoms with Crippen LogP contribution >= 0.6 is 0 Å². The number of hydrogen-bond acceptors (Lipinski definition) is 3. The average molecular weight is 647 g/mol. The topological polar surface area (TPSA) is 44.9 Å². The molecular formula is C44H46N4O. The van der Waals surface area contributed by atoms with E-state index >= 15 is 0 Å². The summed E-state index contributed by atoms with van der Waals surface area (Å²) in [6.45, 7) is 19.9. The molecule has 0 aliphatic rings. The first kappa shape index (κ1) is 32.4. The Morgan fingerprint density at radius 1 is 0.694 bits per heavy atom. The van der Waals surface area contributed by atoms with Gasteiger partial charge in [0.25, 0.3) is 0 Å². The van der Waals surface area contributed by atoms with Crippen molar-refractivity contribution in [2.75, 3.05) is 0 Å². The molecule has 0 atom stereocenters. The van der Waals surface area contributed by atoms with Crippen LogP contribution in [0, 0.1) is 20.8 Å². The summed E-state index contributed by atoms with van der Waals surface area (Å²) in [4.78, 5) is 4.91. The molecule has 0 spiro atoms. The van der Waals surface area contributed by atoms with Crippen molar-refractivity contribution < 1.29 is 4.74 Å². The van der Waals surface area contributed by atoms with Gasteiger partial charge in [-0.15, -0.1) is 0 Å². The molecule has 5 heteroatoms. The highest BCUT2D eigenvalue weighted by molar-refractivity contribution is 6.09. The number of aryl methyl sites for hydroxylation is 2. The van der Waals surface area contributed by atoms with E-state index in [9.17, 15) is 0 Å². The molecule has 4 aromatic carbocycles. The van der Waals surface area contributed by atoms with Gasteiger partial charge in [-0.25, -0.2) is 9.67 Å². The van der Waals surface area contributed by atoms with Gasteiger partial charge >= 0.3 is 0 Å². The van der Waals surface area contributed by atoms with E-state index in [1.54, 1.807) is 0 Å². The number of aromatic nitrogens is 4. The molecule has 248 valence electrons. The maximum atomic E-state index is 6.68. The lowest BCUT2D eigenvalue weighted by molar-refractivity contribution is 0.482. The van der Waals surface area contributed by atoms with Crippen LogP contribution < -0.4 is 4.74 Å². The number of nitrogens with zero attached hydrogens (tertiary/aromatic N) is 4. The van der Waals surface area contributed by atoms with Gasteiger partial charge < -0.3 is 4.74 Å². The molecule has 0 radical (unpaired) electrons. The molecule has 0 aliphatic carbocycles. The normalized spacial score (nSPS) is 12.3. The standard InChI is InChI=1S/C44H46N4O/c1-10-44(8,9)33-16-19-39-38(24-33)37-18-17-35(27-40(37)47(39)41-25-32(20-21-45-41)43(5,6)7)49-36-23-28(2)22-34(26-36)48-30(4)42(29(3)46-48)31-14-12-11-13-15-31/h11-27H,10H2,1-9H3. The molecule has 7 rings (SSSR count). The van der Waals surface area contributed by atoms with Gasteiger partial charge in [0.2, 0.25) is 0 Å². The SMILES string of the molecule is CCC(C)(C)c1ccc2c(c1)c1ccc(Oc3cc(C)cc(-n4nc(C)c(-c5ccccc5)c4C)c3)cc1n2-c1cc(C(C)(C)C)ccn1. The summed E-state index contributed by atoms with van der Waals surface area (Å²) >= 11 is 0. The van der Waals surface area contributed by atoms with E-state index in [0.717, 1.165) is 63.0 Å². The largest absolute Gasteiger partial charge is 0.457 e. The lowest BCUT2D eigenvalue weighted by Crippen LogP contribution is -2.15. The van der Waals surface area contributed by atoms with Gasteiger partial charge in [-0.3, -0.25) is 4.57 Å². The summed E-state index contributed by atoms with van der Waals surface area (Å²) in [6.07, 6.45) is 2.99. The number of pyridine rings is 1. The highest BCUT2D eigenvalue weighted by Gasteiger charge is 2.23. The molecule has 0 fully saturated rings. The first-order chi connectivity index (χ1) is 23.3. The fourth-order valence-electron chi connectivity index (χ4n) is 6.91. The Balaban J connectivity index is 1.35. The first-order valence-electron chi connectivity index (χ1n) is 17.3. The predicted molar refractivity (Wildman–Crippen MR) is 204 cm³/mol. The Morgan fingerprint density at radius 3 is 2.20 bits per heavy atom. The maximum absolute atomic E-state index is 6.68. The quantitative estimate of drug-likeness (QED) is 0.173. The van der Waals surface area contributed by atoms with Gasteiger partial charge in [0.05, 0.1) is 22.4 Å². The molecule has 7 aromatic rings. The molecule has 0 amide bonds. The van der Waals surface area contributed by atoms with Crippen LogP contribution in [0.15, 0.2) is 103 Å². The summed E-state index contributed by atoms with van der Waals surface area (Å²) in [7, 11) is 0. The van der Waals surface area contributed by atoms with Gasteiger partial charge in [0, 0.05) is 40.4 Å². The molecule has 0 bridgehead atoms. The van der Waals surface area contributed by atoms with Crippen LogP contribution in [0.2, 0.25) is 0 Å². The van der Waals surface area contributed by atoms with Crippen molar-refractivity contribution >= 4 is 21.8 Å². The van der Waals surface area contributed by atoms with Gasteiger partial charge in [-0.1, -0.05) is 77.9 Å². The molecule has 0 saturated heterocycles. The van der Waals surface area contributed by atoms with Crippen molar-refractivity contribution in [3.8, 4) is 34.1 Å². The zero-order valence-corrected chi connectivity index (χ0v) is 30.2. The highest BCUT2D eigenvalue weighted by Crippen LogP contribution is 2.39. The minimum absolute atomic E-state index is 0.000746. The number of benzene rings is 4. The van der Waals surface area contributed by atoms with Crippen molar-refractivity contribution in [3.05, 3.63) is 131 Å². The Kier molecular flexibility index (Phi) is 7.98. The van der Waals surface area contributed by atoms with Crippen molar-refractivity contribution in [2.24, 2.45) is 0 Å². The Hall–Kier alpha value is -5.16. The number of ether oxygens (including phenoxy) is 1. The Morgan fingerprint density at radius 2 is 1.47 bits per heavy atom. The van der Waals surface area contributed by atoms with Crippen LogP contribution in [0.3, 0.4) is 0 Å². The predicted octanol–water partition coefficient (Wildman–Crippen LogP) is 11.7. The van der Waals surface area contributed by atoms with Gasteiger partial charge in [0.1, 0.15) is 17.3 Å². The lowest BCUT2D eigenvalue weighted by atomic mass is 9.82. The number of hydrogen-bond donors (Lipinski definition) is 0. The molecule has 0 N–H and O–H groups in total. The second-order valence-corrected chi connectivity index (χ2v) is 15.1. The second kappa shape index (κ2) is 12.1. The monoisotopic (exact) mass is 646 g/mol. The van der Waals surface area contributed by atoms with E-state index < -0.39 is 0 Å². The fourth-order valence-corrected chi connectivity index (χ4v) is 6.91.